The third-order valence-corrected chi connectivity index (χ3v) is 3.04. The average Bonchev–Trinajstić information content (AvgIpc) is 2.80. The van der Waals surface area contributed by atoms with Gasteiger partial charge in [0.1, 0.15) is 0 Å². The molecule has 0 saturated carbocycles. The number of ether oxygens (including phenoxy) is 2. The summed E-state index contributed by atoms with van der Waals surface area (Å²) in [5.74, 6) is 0. The molecule has 0 spiro atoms. The maximum Gasteiger partial charge on any atom is 0.184 e. The first kappa shape index (κ1) is 11.6. The quantitative estimate of drug-likeness (QED) is 0.851. The minimum atomic E-state index is -0.294. The van der Waals surface area contributed by atoms with Crippen LogP contribution >= 0.6 is 0 Å². The summed E-state index contributed by atoms with van der Waals surface area (Å²) in [5, 5.41) is 9.28. The van der Waals surface area contributed by atoms with Crippen molar-refractivity contribution in [1.82, 2.24) is 0 Å². The Morgan fingerprint density at radius 1 is 1.31 bits per heavy atom. The summed E-state index contributed by atoms with van der Waals surface area (Å²) >= 11 is 0. The number of hydrogen-bond acceptors (Lipinski definition) is 3. The number of hydrogen-bond donors (Lipinski definition) is 1. The molecule has 3 nitrogen and oxygen atoms in total. The summed E-state index contributed by atoms with van der Waals surface area (Å²) in [6.07, 6.45) is -0.347. The van der Waals surface area contributed by atoms with Crippen molar-refractivity contribution < 1.29 is 14.6 Å². The van der Waals surface area contributed by atoms with Crippen LogP contribution in [-0.2, 0) is 9.47 Å². The summed E-state index contributed by atoms with van der Waals surface area (Å²) in [6.45, 7) is 4.60. The normalized spacial score (nSPS) is 25.9. The van der Waals surface area contributed by atoms with Crippen LogP contribution < -0.4 is 0 Å². The molecule has 2 rings (SSSR count). The second-order valence-corrected chi connectivity index (χ2v) is 4.85. The molecule has 0 amide bonds. The summed E-state index contributed by atoms with van der Waals surface area (Å²) in [6, 6.07) is 9.87. The Hall–Kier alpha value is -0.900. The number of rotatable bonds is 3. The minimum absolute atomic E-state index is 0.0530. The van der Waals surface area contributed by atoms with Crippen LogP contribution in [0.3, 0.4) is 0 Å². The van der Waals surface area contributed by atoms with Gasteiger partial charge in [-0.25, -0.2) is 0 Å². The predicted octanol–water partition coefficient (Wildman–Crippen LogP) is 2.12. The molecule has 1 unspecified atom stereocenters. The molecular formula is C13H18O3. The fraction of sp³-hybridized carbons (Fsp3) is 0.538. The molecule has 0 aromatic heterocycles. The molecule has 88 valence electrons. The standard InChI is InChI=1S/C13H18O3/c1-13(2,9-14)11-8-15-12(16-11)10-6-4-3-5-7-10/h3-7,11-12,14H,8-9H2,1-2H3/t11-,12?/m0/s1. The highest BCUT2D eigenvalue weighted by Crippen LogP contribution is 2.35. The Kier molecular flexibility index (Phi) is 3.28. The van der Waals surface area contributed by atoms with Crippen molar-refractivity contribution in [2.75, 3.05) is 13.2 Å². The molecular weight excluding hydrogens is 204 g/mol. The molecule has 1 fully saturated rings. The molecule has 1 aliphatic heterocycles. The van der Waals surface area contributed by atoms with Crippen LogP contribution in [0.5, 0.6) is 0 Å². The van der Waals surface area contributed by atoms with Gasteiger partial charge in [-0.3, -0.25) is 0 Å². The lowest BCUT2D eigenvalue weighted by Gasteiger charge is -2.27. The first-order chi connectivity index (χ1) is 7.63. The zero-order valence-corrected chi connectivity index (χ0v) is 9.72. The molecule has 1 saturated heterocycles. The Bertz CT molecular complexity index is 334. The highest BCUT2D eigenvalue weighted by atomic mass is 16.7. The van der Waals surface area contributed by atoms with E-state index in [9.17, 15) is 5.11 Å². The summed E-state index contributed by atoms with van der Waals surface area (Å²) < 4.78 is 11.4. The van der Waals surface area contributed by atoms with Crippen LogP contribution in [-0.4, -0.2) is 24.4 Å². The Morgan fingerprint density at radius 3 is 2.62 bits per heavy atom. The molecule has 2 atom stereocenters. The average molecular weight is 222 g/mol. The second kappa shape index (κ2) is 4.53. The van der Waals surface area contributed by atoms with Gasteiger partial charge in [0.05, 0.1) is 19.3 Å². The lowest BCUT2D eigenvalue weighted by molar-refractivity contribution is -0.0885. The fourth-order valence-electron chi connectivity index (χ4n) is 1.70. The second-order valence-electron chi connectivity index (χ2n) is 4.85. The van der Waals surface area contributed by atoms with E-state index < -0.39 is 0 Å². The fourth-order valence-corrected chi connectivity index (χ4v) is 1.70. The van der Waals surface area contributed by atoms with E-state index in [2.05, 4.69) is 0 Å². The molecule has 0 aliphatic carbocycles. The van der Waals surface area contributed by atoms with Crippen molar-refractivity contribution in [2.24, 2.45) is 5.41 Å². The first-order valence-electron chi connectivity index (χ1n) is 5.56. The van der Waals surface area contributed by atoms with E-state index in [1.54, 1.807) is 0 Å². The van der Waals surface area contributed by atoms with Gasteiger partial charge in [0, 0.05) is 11.0 Å². The van der Waals surface area contributed by atoms with Gasteiger partial charge in [-0.2, -0.15) is 0 Å². The van der Waals surface area contributed by atoms with E-state index in [4.69, 9.17) is 9.47 Å². The molecule has 1 aliphatic rings. The van der Waals surface area contributed by atoms with Crippen molar-refractivity contribution >= 4 is 0 Å². The van der Waals surface area contributed by atoms with Crippen LogP contribution in [0.4, 0.5) is 0 Å². The number of aliphatic hydroxyl groups is 1. The number of aliphatic hydroxyl groups excluding tert-OH is 1. The third kappa shape index (κ3) is 2.26. The van der Waals surface area contributed by atoms with Crippen LogP contribution in [0.2, 0.25) is 0 Å². The van der Waals surface area contributed by atoms with Crippen molar-refractivity contribution in [3.05, 3.63) is 35.9 Å². The topological polar surface area (TPSA) is 38.7 Å². The van der Waals surface area contributed by atoms with Gasteiger partial charge >= 0.3 is 0 Å². The van der Waals surface area contributed by atoms with Gasteiger partial charge in [-0.05, 0) is 0 Å². The molecule has 1 heterocycles. The Morgan fingerprint density at radius 2 is 2.00 bits per heavy atom. The molecule has 1 aromatic carbocycles. The van der Waals surface area contributed by atoms with Crippen molar-refractivity contribution in [3.8, 4) is 0 Å². The highest BCUT2D eigenvalue weighted by Gasteiger charge is 2.37. The van der Waals surface area contributed by atoms with E-state index in [1.165, 1.54) is 0 Å². The van der Waals surface area contributed by atoms with Gasteiger partial charge in [0.15, 0.2) is 6.29 Å². The van der Waals surface area contributed by atoms with Gasteiger partial charge in [-0.1, -0.05) is 44.2 Å². The van der Waals surface area contributed by atoms with E-state index in [0.29, 0.717) is 6.61 Å². The Balaban J connectivity index is 2.04. The van der Waals surface area contributed by atoms with Gasteiger partial charge in [-0.15, -0.1) is 0 Å². The molecule has 0 bridgehead atoms. The van der Waals surface area contributed by atoms with Gasteiger partial charge in [0.2, 0.25) is 0 Å². The number of benzene rings is 1. The summed E-state index contributed by atoms with van der Waals surface area (Å²) in [4.78, 5) is 0. The van der Waals surface area contributed by atoms with Crippen LogP contribution in [0.15, 0.2) is 30.3 Å². The zero-order chi connectivity index (χ0) is 11.6. The third-order valence-electron chi connectivity index (χ3n) is 3.04. The lowest BCUT2D eigenvalue weighted by Crippen LogP contribution is -2.34. The molecule has 0 radical (unpaired) electrons. The largest absolute Gasteiger partial charge is 0.396 e. The maximum atomic E-state index is 9.28. The predicted molar refractivity (Wildman–Crippen MR) is 60.9 cm³/mol. The van der Waals surface area contributed by atoms with Crippen molar-refractivity contribution in [2.45, 2.75) is 26.2 Å². The van der Waals surface area contributed by atoms with E-state index >= 15 is 0 Å². The molecule has 3 heteroatoms. The minimum Gasteiger partial charge on any atom is -0.396 e. The maximum absolute atomic E-state index is 9.28. The summed E-state index contributed by atoms with van der Waals surface area (Å²) in [7, 11) is 0. The Labute approximate surface area is 96.0 Å². The van der Waals surface area contributed by atoms with Crippen LogP contribution in [0.1, 0.15) is 25.7 Å². The van der Waals surface area contributed by atoms with E-state index in [-0.39, 0.29) is 24.4 Å². The first-order valence-corrected chi connectivity index (χ1v) is 5.56. The lowest BCUT2D eigenvalue weighted by atomic mass is 9.88. The molecule has 1 aromatic rings. The molecule has 16 heavy (non-hydrogen) atoms. The highest BCUT2D eigenvalue weighted by molar-refractivity contribution is 5.16. The van der Waals surface area contributed by atoms with Crippen LogP contribution in [0.25, 0.3) is 0 Å². The van der Waals surface area contributed by atoms with Crippen LogP contribution in [0, 0.1) is 5.41 Å². The van der Waals surface area contributed by atoms with E-state index in [0.717, 1.165) is 5.56 Å². The van der Waals surface area contributed by atoms with Crippen molar-refractivity contribution in [1.29, 1.82) is 0 Å². The molecule has 1 N–H and O–H groups in total. The summed E-state index contributed by atoms with van der Waals surface area (Å²) in [5.41, 5.74) is 0.766. The monoisotopic (exact) mass is 222 g/mol. The van der Waals surface area contributed by atoms with Crippen molar-refractivity contribution in [3.63, 3.8) is 0 Å². The smallest absolute Gasteiger partial charge is 0.184 e. The van der Waals surface area contributed by atoms with Gasteiger partial charge < -0.3 is 14.6 Å². The zero-order valence-electron chi connectivity index (χ0n) is 9.72. The SMILES string of the molecule is CC(C)(CO)[C@@H]1COC(c2ccccc2)O1. The van der Waals surface area contributed by atoms with Gasteiger partial charge in [0.25, 0.3) is 0 Å². The van der Waals surface area contributed by atoms with E-state index in [1.807, 2.05) is 44.2 Å².